The molecule has 0 aliphatic rings. The zero-order valence-electron chi connectivity index (χ0n) is 14.0. The molecule has 0 bridgehead atoms. The van der Waals surface area contributed by atoms with Gasteiger partial charge in [-0.3, -0.25) is 9.78 Å². The highest BCUT2D eigenvalue weighted by atomic mass is 16.5. The van der Waals surface area contributed by atoms with Gasteiger partial charge in [0.2, 0.25) is 0 Å². The molecule has 0 spiro atoms. The van der Waals surface area contributed by atoms with Crippen LogP contribution in [0.1, 0.15) is 36.7 Å². The van der Waals surface area contributed by atoms with Gasteiger partial charge in [-0.05, 0) is 32.9 Å². The first-order chi connectivity index (χ1) is 10.9. The summed E-state index contributed by atoms with van der Waals surface area (Å²) in [6.07, 6.45) is 3.27. The van der Waals surface area contributed by atoms with E-state index >= 15 is 0 Å². The van der Waals surface area contributed by atoms with Gasteiger partial charge in [-0.15, -0.1) is 0 Å². The van der Waals surface area contributed by atoms with Crippen LogP contribution in [0.2, 0.25) is 0 Å². The van der Waals surface area contributed by atoms with Crippen molar-refractivity contribution in [2.24, 2.45) is 0 Å². The Morgan fingerprint density at radius 1 is 1.22 bits per heavy atom. The van der Waals surface area contributed by atoms with Crippen molar-refractivity contribution in [1.29, 1.82) is 0 Å². The molecule has 0 fully saturated rings. The molecule has 0 atom stereocenters. The number of hydrogen-bond donors (Lipinski definition) is 2. The molecular weight excluding hydrogens is 290 g/mol. The summed E-state index contributed by atoms with van der Waals surface area (Å²) in [6, 6.07) is 9.41. The molecule has 5 heteroatoms. The maximum absolute atomic E-state index is 12.3. The highest BCUT2D eigenvalue weighted by molar-refractivity contribution is 5.94. The van der Waals surface area contributed by atoms with Crippen molar-refractivity contribution < 1.29 is 9.53 Å². The summed E-state index contributed by atoms with van der Waals surface area (Å²) in [5.74, 6) is 0.593. The summed E-state index contributed by atoms with van der Waals surface area (Å²) in [7, 11) is 1.62. The van der Waals surface area contributed by atoms with Gasteiger partial charge in [-0.2, -0.15) is 0 Å². The van der Waals surface area contributed by atoms with Crippen molar-refractivity contribution in [3.63, 3.8) is 0 Å². The lowest BCUT2D eigenvalue weighted by Crippen LogP contribution is -2.27. The second-order valence-electron chi connectivity index (χ2n) is 6.33. The van der Waals surface area contributed by atoms with Crippen LogP contribution in [0.25, 0.3) is 0 Å². The van der Waals surface area contributed by atoms with Crippen LogP contribution in [0.3, 0.4) is 0 Å². The zero-order chi connectivity index (χ0) is 16.9. The molecule has 0 aliphatic heterocycles. The summed E-state index contributed by atoms with van der Waals surface area (Å²) < 4.78 is 5.28. The fourth-order valence-electron chi connectivity index (χ4n) is 2.19. The Kier molecular flexibility index (Phi) is 5.21. The first-order valence-corrected chi connectivity index (χ1v) is 7.52. The number of ether oxygens (including phenoxy) is 1. The Balaban J connectivity index is 2.05. The number of carbonyl (C=O) groups is 1. The highest BCUT2D eigenvalue weighted by Gasteiger charge is 2.12. The molecule has 1 aromatic heterocycles. The van der Waals surface area contributed by atoms with Crippen molar-refractivity contribution in [2.45, 2.75) is 32.9 Å². The minimum Gasteiger partial charge on any atom is -0.496 e. The van der Waals surface area contributed by atoms with Gasteiger partial charge in [0.1, 0.15) is 5.75 Å². The van der Waals surface area contributed by atoms with Gasteiger partial charge >= 0.3 is 0 Å². The number of nitrogens with zero attached hydrogens (tertiary/aromatic N) is 1. The van der Waals surface area contributed by atoms with E-state index in [4.69, 9.17) is 4.74 Å². The first kappa shape index (κ1) is 16.8. The van der Waals surface area contributed by atoms with E-state index in [9.17, 15) is 4.79 Å². The number of hydrogen-bond acceptors (Lipinski definition) is 4. The van der Waals surface area contributed by atoms with Gasteiger partial charge in [-0.1, -0.05) is 18.2 Å². The van der Waals surface area contributed by atoms with Crippen LogP contribution in [-0.2, 0) is 6.54 Å². The Bertz CT molecular complexity index is 678. The molecule has 1 heterocycles. The predicted octanol–water partition coefficient (Wildman–Crippen LogP) is 3.23. The van der Waals surface area contributed by atoms with Crippen molar-refractivity contribution in [3.05, 3.63) is 53.9 Å². The standard InChI is InChI=1S/C18H23N3O2/c1-18(2,3)21-15-9-14(10-19-12-15)17(22)20-11-13-7-5-6-8-16(13)23-4/h5-10,12,21H,11H2,1-4H3,(H,20,22). The van der Waals surface area contributed by atoms with Crippen molar-refractivity contribution >= 4 is 11.6 Å². The Morgan fingerprint density at radius 2 is 1.96 bits per heavy atom. The van der Waals surface area contributed by atoms with Crippen LogP contribution in [0, 0.1) is 0 Å². The number of amides is 1. The Labute approximate surface area is 137 Å². The van der Waals surface area contributed by atoms with Gasteiger partial charge in [0.25, 0.3) is 5.91 Å². The summed E-state index contributed by atoms with van der Waals surface area (Å²) in [5, 5.41) is 6.20. The van der Waals surface area contributed by atoms with E-state index < -0.39 is 0 Å². The second kappa shape index (κ2) is 7.13. The maximum atomic E-state index is 12.3. The van der Waals surface area contributed by atoms with Gasteiger partial charge in [0.05, 0.1) is 18.4 Å². The van der Waals surface area contributed by atoms with Crippen LogP contribution in [0.4, 0.5) is 5.69 Å². The quantitative estimate of drug-likeness (QED) is 0.889. The molecule has 2 rings (SSSR count). The average molecular weight is 313 g/mol. The third-order valence-electron chi connectivity index (χ3n) is 3.15. The summed E-state index contributed by atoms with van der Waals surface area (Å²) in [5.41, 5.74) is 2.19. The molecule has 0 saturated heterocycles. The van der Waals surface area contributed by atoms with Gasteiger partial charge in [0, 0.05) is 30.0 Å². The van der Waals surface area contributed by atoms with Crippen LogP contribution < -0.4 is 15.4 Å². The second-order valence-corrected chi connectivity index (χ2v) is 6.33. The van der Waals surface area contributed by atoms with E-state index in [1.165, 1.54) is 0 Å². The largest absolute Gasteiger partial charge is 0.496 e. The SMILES string of the molecule is COc1ccccc1CNC(=O)c1cncc(NC(C)(C)C)c1. The normalized spacial score (nSPS) is 11.0. The topological polar surface area (TPSA) is 63.2 Å². The third kappa shape index (κ3) is 4.98. The van der Waals surface area contributed by atoms with E-state index in [0.717, 1.165) is 17.0 Å². The fourth-order valence-corrected chi connectivity index (χ4v) is 2.19. The predicted molar refractivity (Wildman–Crippen MR) is 91.8 cm³/mol. The molecule has 2 N–H and O–H groups in total. The fraction of sp³-hybridized carbons (Fsp3) is 0.333. The molecule has 0 unspecified atom stereocenters. The van der Waals surface area contributed by atoms with Gasteiger partial charge < -0.3 is 15.4 Å². The summed E-state index contributed by atoms with van der Waals surface area (Å²) in [4.78, 5) is 16.4. The highest BCUT2D eigenvalue weighted by Crippen LogP contribution is 2.18. The van der Waals surface area contributed by atoms with Gasteiger partial charge in [-0.25, -0.2) is 0 Å². The van der Waals surface area contributed by atoms with Crippen LogP contribution in [0.5, 0.6) is 5.75 Å². The summed E-state index contributed by atoms with van der Waals surface area (Å²) in [6.45, 7) is 6.57. The smallest absolute Gasteiger partial charge is 0.253 e. The zero-order valence-corrected chi connectivity index (χ0v) is 14.0. The number of methoxy groups -OCH3 is 1. The minimum absolute atomic E-state index is 0.0891. The number of pyridine rings is 1. The van der Waals surface area contributed by atoms with Crippen LogP contribution in [0.15, 0.2) is 42.7 Å². The van der Waals surface area contributed by atoms with E-state index in [1.54, 1.807) is 25.6 Å². The number of para-hydroxylation sites is 1. The van der Waals surface area contributed by atoms with Crippen molar-refractivity contribution in [2.75, 3.05) is 12.4 Å². The summed E-state index contributed by atoms with van der Waals surface area (Å²) >= 11 is 0. The lowest BCUT2D eigenvalue weighted by Gasteiger charge is -2.22. The molecule has 1 aromatic carbocycles. The molecule has 0 saturated carbocycles. The van der Waals surface area contributed by atoms with E-state index in [1.807, 2.05) is 24.3 Å². The van der Waals surface area contributed by atoms with Crippen LogP contribution in [-0.4, -0.2) is 23.5 Å². The Hall–Kier alpha value is -2.56. The average Bonchev–Trinajstić information content (AvgIpc) is 2.51. The monoisotopic (exact) mass is 313 g/mol. The molecule has 5 nitrogen and oxygen atoms in total. The van der Waals surface area contributed by atoms with Gasteiger partial charge in [0.15, 0.2) is 0 Å². The molecular formula is C18H23N3O2. The molecule has 0 aliphatic carbocycles. The number of nitrogens with one attached hydrogen (secondary N) is 2. The number of carbonyl (C=O) groups excluding carboxylic acids is 1. The lowest BCUT2D eigenvalue weighted by molar-refractivity contribution is 0.0950. The van der Waals surface area contributed by atoms with Crippen LogP contribution >= 0.6 is 0 Å². The number of aromatic nitrogens is 1. The van der Waals surface area contributed by atoms with E-state index in [0.29, 0.717) is 12.1 Å². The number of benzene rings is 1. The van der Waals surface area contributed by atoms with Crippen molar-refractivity contribution in [1.82, 2.24) is 10.3 Å². The first-order valence-electron chi connectivity index (χ1n) is 7.52. The Morgan fingerprint density at radius 3 is 2.65 bits per heavy atom. The molecule has 122 valence electrons. The molecule has 2 aromatic rings. The number of anilines is 1. The third-order valence-corrected chi connectivity index (χ3v) is 3.15. The van der Waals surface area contributed by atoms with E-state index in [-0.39, 0.29) is 11.4 Å². The van der Waals surface area contributed by atoms with E-state index in [2.05, 4.69) is 36.4 Å². The van der Waals surface area contributed by atoms with Crippen molar-refractivity contribution in [3.8, 4) is 5.75 Å². The maximum Gasteiger partial charge on any atom is 0.253 e. The molecule has 23 heavy (non-hydrogen) atoms. The molecule has 1 amide bonds. The lowest BCUT2D eigenvalue weighted by atomic mass is 10.1. The molecule has 0 radical (unpaired) electrons. The minimum atomic E-state index is -0.166. The number of rotatable bonds is 5.